The number of phenols is 1. The minimum atomic E-state index is -4.67. The van der Waals surface area contributed by atoms with Crippen LogP contribution in [0.15, 0.2) is 64.1 Å². The van der Waals surface area contributed by atoms with Crippen LogP contribution in [0.5, 0.6) is 5.75 Å². The molecular formula is C23H18F4N4O5S. The summed E-state index contributed by atoms with van der Waals surface area (Å²) < 4.78 is 84.1. The SMILES string of the molecule is C[C@H](NS(=O)(=O)c1cc2cc(F)ccc2o1)C(=O)NCc1ccc(O)c(-c2ccc(C(F)(F)F)nn2)c1. The van der Waals surface area contributed by atoms with Gasteiger partial charge in [-0.25, -0.2) is 12.8 Å². The average Bonchev–Trinajstić information content (AvgIpc) is 3.27. The first-order chi connectivity index (χ1) is 17.3. The third kappa shape index (κ3) is 5.86. The summed E-state index contributed by atoms with van der Waals surface area (Å²) in [6.45, 7) is 1.20. The van der Waals surface area contributed by atoms with Crippen molar-refractivity contribution in [3.05, 3.63) is 71.7 Å². The van der Waals surface area contributed by atoms with Crippen molar-refractivity contribution in [1.29, 1.82) is 0 Å². The van der Waals surface area contributed by atoms with Crippen molar-refractivity contribution in [2.24, 2.45) is 0 Å². The molecule has 37 heavy (non-hydrogen) atoms. The van der Waals surface area contributed by atoms with Crippen LogP contribution in [0, 0.1) is 5.82 Å². The van der Waals surface area contributed by atoms with Gasteiger partial charge in [-0.1, -0.05) is 6.07 Å². The average molecular weight is 538 g/mol. The zero-order valence-electron chi connectivity index (χ0n) is 18.9. The molecule has 1 atom stereocenters. The molecule has 4 aromatic rings. The second-order valence-electron chi connectivity index (χ2n) is 7.96. The number of sulfonamides is 1. The van der Waals surface area contributed by atoms with Crippen molar-refractivity contribution in [3.63, 3.8) is 0 Å². The van der Waals surface area contributed by atoms with Gasteiger partial charge in [-0.05, 0) is 55.0 Å². The summed E-state index contributed by atoms with van der Waals surface area (Å²) >= 11 is 0. The van der Waals surface area contributed by atoms with Gasteiger partial charge in [0.05, 0.1) is 11.7 Å². The van der Waals surface area contributed by atoms with Gasteiger partial charge in [0.2, 0.25) is 11.0 Å². The lowest BCUT2D eigenvalue weighted by Crippen LogP contribution is -2.44. The van der Waals surface area contributed by atoms with Crippen LogP contribution in [0.25, 0.3) is 22.2 Å². The maximum Gasteiger partial charge on any atom is 0.435 e. The number of nitrogens with one attached hydrogen (secondary N) is 2. The molecule has 4 rings (SSSR count). The van der Waals surface area contributed by atoms with Gasteiger partial charge in [0, 0.05) is 23.6 Å². The lowest BCUT2D eigenvalue weighted by Gasteiger charge is -2.14. The number of rotatable bonds is 7. The minimum Gasteiger partial charge on any atom is -0.507 e. The number of benzene rings is 2. The lowest BCUT2D eigenvalue weighted by molar-refractivity contribution is -0.141. The fraction of sp³-hybridized carbons (Fsp3) is 0.174. The Hall–Kier alpha value is -4.04. The van der Waals surface area contributed by atoms with Crippen molar-refractivity contribution in [2.45, 2.75) is 30.8 Å². The number of phenolic OH excluding ortho intramolecular Hbond substituents is 1. The number of aromatic nitrogens is 2. The van der Waals surface area contributed by atoms with E-state index in [4.69, 9.17) is 4.42 Å². The van der Waals surface area contributed by atoms with Crippen LogP contribution < -0.4 is 10.0 Å². The summed E-state index contributed by atoms with van der Waals surface area (Å²) in [4.78, 5) is 12.5. The van der Waals surface area contributed by atoms with Crippen molar-refractivity contribution in [1.82, 2.24) is 20.2 Å². The molecule has 14 heteroatoms. The molecule has 1 amide bonds. The zero-order chi connectivity index (χ0) is 27.0. The Morgan fingerprint density at radius 1 is 1.08 bits per heavy atom. The number of carbonyl (C=O) groups is 1. The molecule has 2 aromatic carbocycles. The van der Waals surface area contributed by atoms with Crippen LogP contribution in [-0.2, 0) is 27.5 Å². The molecule has 2 heterocycles. The number of aromatic hydroxyl groups is 1. The molecule has 0 aliphatic rings. The molecule has 0 aliphatic heterocycles. The summed E-state index contributed by atoms with van der Waals surface area (Å²) in [5, 5.41) is 19.0. The highest BCUT2D eigenvalue weighted by Gasteiger charge is 2.33. The largest absolute Gasteiger partial charge is 0.507 e. The highest BCUT2D eigenvalue weighted by atomic mass is 32.2. The summed E-state index contributed by atoms with van der Waals surface area (Å²) in [7, 11) is -4.25. The normalized spacial score (nSPS) is 13.0. The van der Waals surface area contributed by atoms with Gasteiger partial charge in [-0.3, -0.25) is 4.79 Å². The number of hydrogen-bond donors (Lipinski definition) is 3. The van der Waals surface area contributed by atoms with E-state index in [2.05, 4.69) is 20.2 Å². The Morgan fingerprint density at radius 2 is 1.84 bits per heavy atom. The van der Waals surface area contributed by atoms with Gasteiger partial charge in [0.25, 0.3) is 10.0 Å². The highest BCUT2D eigenvalue weighted by Crippen LogP contribution is 2.31. The van der Waals surface area contributed by atoms with E-state index in [0.29, 0.717) is 5.56 Å². The Balaban J connectivity index is 1.42. The summed E-state index contributed by atoms with van der Waals surface area (Å²) in [5.74, 6) is -1.54. The number of fused-ring (bicyclic) bond motifs is 1. The molecule has 0 aliphatic carbocycles. The topological polar surface area (TPSA) is 134 Å². The Bertz CT molecular complexity index is 1570. The van der Waals surface area contributed by atoms with E-state index in [0.717, 1.165) is 30.3 Å². The van der Waals surface area contributed by atoms with Gasteiger partial charge in [0.1, 0.15) is 17.1 Å². The van der Waals surface area contributed by atoms with Crippen LogP contribution in [0.2, 0.25) is 0 Å². The van der Waals surface area contributed by atoms with Crippen molar-refractivity contribution in [3.8, 4) is 17.0 Å². The second kappa shape index (κ2) is 9.78. The monoisotopic (exact) mass is 538 g/mol. The van der Waals surface area contributed by atoms with Gasteiger partial charge in [-0.2, -0.15) is 17.9 Å². The molecule has 194 valence electrons. The Morgan fingerprint density at radius 3 is 2.51 bits per heavy atom. The van der Waals surface area contributed by atoms with Gasteiger partial charge < -0.3 is 14.8 Å². The van der Waals surface area contributed by atoms with E-state index in [-0.39, 0.29) is 34.5 Å². The number of nitrogens with zero attached hydrogens (tertiary/aromatic N) is 2. The molecule has 0 unspecified atom stereocenters. The van der Waals surface area contributed by atoms with E-state index in [1.165, 1.54) is 31.2 Å². The fourth-order valence-electron chi connectivity index (χ4n) is 3.33. The smallest absolute Gasteiger partial charge is 0.435 e. The van der Waals surface area contributed by atoms with E-state index >= 15 is 0 Å². The van der Waals surface area contributed by atoms with Gasteiger partial charge >= 0.3 is 6.18 Å². The first-order valence-electron chi connectivity index (χ1n) is 10.6. The molecule has 0 radical (unpaired) electrons. The van der Waals surface area contributed by atoms with Crippen LogP contribution in [0.4, 0.5) is 17.6 Å². The van der Waals surface area contributed by atoms with E-state index in [9.17, 15) is 35.9 Å². The Labute approximate surface area is 207 Å². The number of amides is 1. The number of carbonyl (C=O) groups excluding carboxylic acids is 1. The quantitative estimate of drug-likeness (QED) is 0.305. The number of furan rings is 1. The van der Waals surface area contributed by atoms with Crippen molar-refractivity contribution < 1.29 is 40.3 Å². The number of alkyl halides is 3. The van der Waals surface area contributed by atoms with Crippen LogP contribution >= 0.6 is 0 Å². The third-order valence-electron chi connectivity index (χ3n) is 5.20. The third-order valence-corrected chi connectivity index (χ3v) is 6.60. The summed E-state index contributed by atoms with van der Waals surface area (Å²) in [6.07, 6.45) is -4.67. The van der Waals surface area contributed by atoms with E-state index < -0.39 is 44.8 Å². The first kappa shape index (κ1) is 26.0. The van der Waals surface area contributed by atoms with Crippen LogP contribution in [0.1, 0.15) is 18.2 Å². The molecule has 0 saturated heterocycles. The van der Waals surface area contributed by atoms with Gasteiger partial charge in [0.15, 0.2) is 5.69 Å². The zero-order valence-corrected chi connectivity index (χ0v) is 19.7. The molecule has 9 nitrogen and oxygen atoms in total. The van der Waals surface area contributed by atoms with Crippen molar-refractivity contribution >= 4 is 26.9 Å². The molecule has 0 fully saturated rings. The maximum atomic E-state index is 13.4. The molecule has 2 aromatic heterocycles. The summed E-state index contributed by atoms with van der Waals surface area (Å²) in [6, 6.07) is 9.31. The number of hydrogen-bond acceptors (Lipinski definition) is 7. The Kier molecular flexibility index (Phi) is 6.88. The lowest BCUT2D eigenvalue weighted by atomic mass is 10.1. The number of halogens is 4. The molecular weight excluding hydrogens is 520 g/mol. The summed E-state index contributed by atoms with van der Waals surface area (Å²) in [5.41, 5.74) is -0.532. The molecule has 0 spiro atoms. The minimum absolute atomic E-state index is 0.0227. The fourth-order valence-corrected chi connectivity index (χ4v) is 4.50. The van der Waals surface area contributed by atoms with Crippen LogP contribution in [-0.4, -0.2) is 35.7 Å². The predicted octanol–water partition coefficient (Wildman–Crippen LogP) is 3.74. The standard InChI is InChI=1S/C23H18F4N4O5S/c1-12(31-37(34,35)21-10-14-9-15(24)3-6-19(14)36-21)22(33)28-11-13-2-5-18(32)16(8-13)17-4-7-20(30-29-17)23(25,26)27/h2-10,12,31-32H,11H2,1H3,(H,28,33)/t12-/m0/s1. The second-order valence-corrected chi connectivity index (χ2v) is 9.61. The van der Waals surface area contributed by atoms with Crippen LogP contribution in [0.3, 0.4) is 0 Å². The molecule has 0 saturated carbocycles. The predicted molar refractivity (Wildman–Crippen MR) is 122 cm³/mol. The van der Waals surface area contributed by atoms with E-state index in [1.807, 2.05) is 0 Å². The molecule has 3 N–H and O–H groups in total. The van der Waals surface area contributed by atoms with Gasteiger partial charge in [-0.15, -0.1) is 10.2 Å². The van der Waals surface area contributed by atoms with E-state index in [1.54, 1.807) is 0 Å². The maximum absolute atomic E-state index is 13.4. The molecule has 0 bridgehead atoms. The first-order valence-corrected chi connectivity index (χ1v) is 12.0. The highest BCUT2D eigenvalue weighted by molar-refractivity contribution is 7.89. The van der Waals surface area contributed by atoms with Crippen molar-refractivity contribution in [2.75, 3.05) is 0 Å².